The Balaban J connectivity index is 1.98. The summed E-state index contributed by atoms with van der Waals surface area (Å²) in [6, 6.07) is 6.74. The molecular weight excluding hydrogens is 240 g/mol. The Hall–Kier alpha value is -1.55. The van der Waals surface area contributed by atoms with Crippen LogP contribution in [0.15, 0.2) is 18.2 Å². The SMILES string of the molecule is Cc1ccc(OCC(=O)N(C)C)c(CNC2CC2)c1. The summed E-state index contributed by atoms with van der Waals surface area (Å²) in [5.41, 5.74) is 2.33. The average Bonchev–Trinajstić information content (AvgIpc) is 3.18. The predicted octanol–water partition coefficient (Wildman–Crippen LogP) is 1.71. The van der Waals surface area contributed by atoms with Crippen LogP contribution >= 0.6 is 0 Å². The first kappa shape index (κ1) is 13.9. The molecule has 1 aromatic rings. The quantitative estimate of drug-likeness (QED) is 0.848. The molecule has 19 heavy (non-hydrogen) atoms. The van der Waals surface area contributed by atoms with Gasteiger partial charge in [0.15, 0.2) is 6.61 Å². The van der Waals surface area contributed by atoms with Crippen molar-refractivity contribution < 1.29 is 9.53 Å². The van der Waals surface area contributed by atoms with Crippen LogP contribution in [0.1, 0.15) is 24.0 Å². The highest BCUT2D eigenvalue weighted by Gasteiger charge is 2.20. The van der Waals surface area contributed by atoms with Gasteiger partial charge < -0.3 is 15.0 Å². The molecule has 1 N–H and O–H groups in total. The highest BCUT2D eigenvalue weighted by atomic mass is 16.5. The summed E-state index contributed by atoms with van der Waals surface area (Å²) in [7, 11) is 3.47. The molecule has 0 saturated heterocycles. The molecule has 0 heterocycles. The van der Waals surface area contributed by atoms with Gasteiger partial charge in [-0.15, -0.1) is 0 Å². The number of nitrogens with zero attached hydrogens (tertiary/aromatic N) is 1. The third kappa shape index (κ3) is 4.24. The van der Waals surface area contributed by atoms with E-state index in [1.807, 2.05) is 12.1 Å². The maximum Gasteiger partial charge on any atom is 0.259 e. The zero-order valence-electron chi connectivity index (χ0n) is 11.9. The van der Waals surface area contributed by atoms with Gasteiger partial charge in [-0.25, -0.2) is 0 Å². The van der Waals surface area contributed by atoms with Crippen LogP contribution in [0.5, 0.6) is 5.75 Å². The van der Waals surface area contributed by atoms with Crippen molar-refractivity contribution in [1.82, 2.24) is 10.2 Å². The number of hydrogen-bond acceptors (Lipinski definition) is 3. The summed E-state index contributed by atoms with van der Waals surface area (Å²) < 4.78 is 5.64. The Morgan fingerprint density at radius 2 is 2.16 bits per heavy atom. The van der Waals surface area contributed by atoms with Gasteiger partial charge in [0.05, 0.1) is 0 Å². The maximum absolute atomic E-state index is 11.6. The number of aryl methyl sites for hydroxylation is 1. The fourth-order valence-electron chi connectivity index (χ4n) is 1.80. The molecule has 0 unspecified atom stereocenters. The van der Waals surface area contributed by atoms with Crippen LogP contribution in [-0.2, 0) is 11.3 Å². The molecule has 0 aromatic heterocycles. The molecule has 0 atom stereocenters. The molecule has 1 aliphatic rings. The number of ether oxygens (including phenoxy) is 1. The third-order valence-electron chi connectivity index (χ3n) is 3.22. The molecule has 1 aromatic carbocycles. The van der Waals surface area contributed by atoms with Gasteiger partial charge in [0.2, 0.25) is 0 Å². The van der Waals surface area contributed by atoms with Crippen molar-refractivity contribution in [2.45, 2.75) is 32.4 Å². The van der Waals surface area contributed by atoms with Crippen LogP contribution in [-0.4, -0.2) is 37.6 Å². The number of amides is 1. The van der Waals surface area contributed by atoms with Gasteiger partial charge in [-0.1, -0.05) is 17.7 Å². The van der Waals surface area contributed by atoms with Crippen LogP contribution in [0.2, 0.25) is 0 Å². The van der Waals surface area contributed by atoms with Crippen molar-refractivity contribution in [2.75, 3.05) is 20.7 Å². The van der Waals surface area contributed by atoms with Crippen LogP contribution in [0.3, 0.4) is 0 Å². The lowest BCUT2D eigenvalue weighted by atomic mass is 10.1. The third-order valence-corrected chi connectivity index (χ3v) is 3.22. The molecular formula is C15H22N2O2. The highest BCUT2D eigenvalue weighted by molar-refractivity contribution is 5.77. The lowest BCUT2D eigenvalue weighted by Crippen LogP contribution is -2.28. The van der Waals surface area contributed by atoms with E-state index in [0.29, 0.717) is 6.04 Å². The number of likely N-dealkylation sites (N-methyl/N-ethyl adjacent to an activating group) is 1. The molecule has 0 radical (unpaired) electrons. The van der Waals surface area contributed by atoms with E-state index >= 15 is 0 Å². The van der Waals surface area contributed by atoms with E-state index in [1.54, 1.807) is 14.1 Å². The van der Waals surface area contributed by atoms with Crippen molar-refractivity contribution in [3.05, 3.63) is 29.3 Å². The molecule has 1 fully saturated rings. The molecule has 4 heteroatoms. The van der Waals surface area contributed by atoms with Gasteiger partial charge >= 0.3 is 0 Å². The number of carbonyl (C=O) groups is 1. The summed E-state index contributed by atoms with van der Waals surface area (Å²) in [5, 5.41) is 3.48. The zero-order valence-corrected chi connectivity index (χ0v) is 11.9. The topological polar surface area (TPSA) is 41.6 Å². The zero-order chi connectivity index (χ0) is 13.8. The van der Waals surface area contributed by atoms with Gasteiger partial charge in [-0.05, 0) is 25.8 Å². The van der Waals surface area contributed by atoms with E-state index in [-0.39, 0.29) is 12.5 Å². The predicted molar refractivity (Wildman–Crippen MR) is 75.2 cm³/mol. The van der Waals surface area contributed by atoms with Crippen LogP contribution in [0, 0.1) is 6.92 Å². The molecule has 1 amide bonds. The Morgan fingerprint density at radius 3 is 2.79 bits per heavy atom. The minimum absolute atomic E-state index is 0.0262. The van der Waals surface area contributed by atoms with E-state index in [2.05, 4.69) is 18.3 Å². The van der Waals surface area contributed by atoms with E-state index in [0.717, 1.165) is 17.9 Å². The van der Waals surface area contributed by atoms with E-state index < -0.39 is 0 Å². The Kier molecular flexibility index (Phi) is 4.43. The maximum atomic E-state index is 11.6. The Bertz CT molecular complexity index is 453. The summed E-state index contributed by atoms with van der Waals surface area (Å²) in [6.45, 7) is 2.96. The number of rotatable bonds is 6. The normalized spacial score (nSPS) is 14.3. The fraction of sp³-hybridized carbons (Fsp3) is 0.533. The van der Waals surface area contributed by atoms with Crippen molar-refractivity contribution in [3.63, 3.8) is 0 Å². The minimum atomic E-state index is -0.0262. The molecule has 1 saturated carbocycles. The van der Waals surface area contributed by atoms with E-state index in [1.165, 1.54) is 23.3 Å². The van der Waals surface area contributed by atoms with E-state index in [9.17, 15) is 4.79 Å². The molecule has 2 rings (SSSR count). The van der Waals surface area contributed by atoms with Gasteiger partial charge in [-0.3, -0.25) is 4.79 Å². The van der Waals surface area contributed by atoms with Crippen LogP contribution in [0.25, 0.3) is 0 Å². The van der Waals surface area contributed by atoms with Crippen molar-refractivity contribution in [3.8, 4) is 5.75 Å². The van der Waals surface area contributed by atoms with Crippen molar-refractivity contribution in [2.24, 2.45) is 0 Å². The molecule has 0 bridgehead atoms. The van der Waals surface area contributed by atoms with Gasteiger partial charge in [0.25, 0.3) is 5.91 Å². The second kappa shape index (κ2) is 6.06. The first-order valence-corrected chi connectivity index (χ1v) is 6.72. The lowest BCUT2D eigenvalue weighted by Gasteiger charge is -2.15. The number of nitrogens with one attached hydrogen (secondary N) is 1. The van der Waals surface area contributed by atoms with Crippen molar-refractivity contribution in [1.29, 1.82) is 0 Å². The van der Waals surface area contributed by atoms with Gasteiger partial charge in [0, 0.05) is 32.2 Å². The van der Waals surface area contributed by atoms with Gasteiger partial charge in [0.1, 0.15) is 5.75 Å². The van der Waals surface area contributed by atoms with Crippen LogP contribution in [0.4, 0.5) is 0 Å². The van der Waals surface area contributed by atoms with Crippen molar-refractivity contribution >= 4 is 5.91 Å². The largest absolute Gasteiger partial charge is 0.483 e. The second-order valence-corrected chi connectivity index (χ2v) is 5.34. The number of benzene rings is 1. The summed E-state index contributed by atoms with van der Waals surface area (Å²) in [4.78, 5) is 13.1. The van der Waals surface area contributed by atoms with Crippen LogP contribution < -0.4 is 10.1 Å². The number of hydrogen-bond donors (Lipinski definition) is 1. The first-order valence-electron chi connectivity index (χ1n) is 6.72. The smallest absolute Gasteiger partial charge is 0.259 e. The van der Waals surface area contributed by atoms with E-state index in [4.69, 9.17) is 4.74 Å². The fourth-order valence-corrected chi connectivity index (χ4v) is 1.80. The standard InChI is InChI=1S/C15H22N2O2/c1-11-4-7-14(19-10-15(18)17(2)3)12(8-11)9-16-13-5-6-13/h4,7-8,13,16H,5-6,9-10H2,1-3H3. The first-order chi connectivity index (χ1) is 9.06. The summed E-state index contributed by atoms with van der Waals surface area (Å²) in [5.74, 6) is 0.774. The summed E-state index contributed by atoms with van der Waals surface area (Å²) in [6.07, 6.45) is 2.53. The average molecular weight is 262 g/mol. The minimum Gasteiger partial charge on any atom is -0.483 e. The monoisotopic (exact) mass is 262 g/mol. The highest BCUT2D eigenvalue weighted by Crippen LogP contribution is 2.23. The molecule has 4 nitrogen and oxygen atoms in total. The Labute approximate surface area is 114 Å². The molecule has 0 spiro atoms. The Morgan fingerprint density at radius 1 is 1.42 bits per heavy atom. The molecule has 0 aliphatic heterocycles. The lowest BCUT2D eigenvalue weighted by molar-refractivity contribution is -0.130. The second-order valence-electron chi connectivity index (χ2n) is 5.34. The molecule has 104 valence electrons. The molecule has 1 aliphatic carbocycles. The van der Waals surface area contributed by atoms with Gasteiger partial charge in [-0.2, -0.15) is 0 Å². The summed E-state index contributed by atoms with van der Waals surface area (Å²) >= 11 is 0. The number of carbonyl (C=O) groups excluding carboxylic acids is 1.